The molecule has 2 saturated heterocycles. The van der Waals surface area contributed by atoms with Gasteiger partial charge in [0.15, 0.2) is 6.23 Å². The van der Waals surface area contributed by atoms with E-state index in [4.69, 9.17) is 29.0 Å². The van der Waals surface area contributed by atoms with E-state index < -0.39 is 106 Å². The number of alkyl carbamates (subject to hydrolysis) is 1. The molecule has 2 fully saturated rings. The Labute approximate surface area is 247 Å². The molecular formula is C22H33N4O17P. The number of carboxylic acids is 1. The number of aromatic nitrogens is 2. The number of ether oxygens (including phenoxy) is 3. The van der Waals surface area contributed by atoms with Gasteiger partial charge in [0, 0.05) is 12.6 Å². The Bertz CT molecular complexity index is 1300. The monoisotopic (exact) mass is 656 g/mol. The van der Waals surface area contributed by atoms with E-state index in [1.54, 1.807) is 0 Å². The molecule has 1 aromatic rings. The van der Waals surface area contributed by atoms with Crippen molar-refractivity contribution in [2.24, 2.45) is 0 Å². The Kier molecular flexibility index (Phi) is 11.6. The molecule has 3 rings (SSSR count). The molecule has 0 radical (unpaired) electrons. The molecule has 0 bridgehead atoms. The molecule has 22 heteroatoms. The highest BCUT2D eigenvalue weighted by atomic mass is 31.2. The molecule has 3 heterocycles. The third kappa shape index (κ3) is 7.96. The summed E-state index contributed by atoms with van der Waals surface area (Å²) in [6.45, 7) is 0.916. The number of phosphoric acid groups is 1. The van der Waals surface area contributed by atoms with Crippen molar-refractivity contribution in [3.8, 4) is 0 Å². The number of carbonyl (C=O) groups excluding carboxylic acids is 1. The van der Waals surface area contributed by atoms with Crippen LogP contribution in [0.2, 0.25) is 0 Å². The number of nitrogen functional groups attached to an aromatic ring is 1. The second-order valence-corrected chi connectivity index (χ2v) is 11.0. The number of rotatable bonds is 13. The minimum atomic E-state index is -5.57. The summed E-state index contributed by atoms with van der Waals surface area (Å²) < 4.78 is 38.6. The Morgan fingerprint density at radius 1 is 1.32 bits per heavy atom. The van der Waals surface area contributed by atoms with E-state index in [1.807, 2.05) is 0 Å². The standard InChI is InChI=1S/C22H33N4O17P/c1-2-5-39-21(36)25-13-9(28)6-22(19(33)34,42-17(13)14(30)10(29)7-27)43-44(37,38)40-8-11-15(31)16(32)18(41-11)26-4-3-12(23)24-20(26)35/h2-4,9-11,13-18,27-32H,1,5-8H2,(H,25,36)(H,33,34)(H,37,38)(H2,23,24,35)/t9-,10+,11+,13+,14+,15+,16+,17+,18+,22+/m0/s1. The van der Waals surface area contributed by atoms with Crippen LogP contribution in [-0.4, -0.2) is 137 Å². The van der Waals surface area contributed by atoms with Crippen LogP contribution in [0, 0.1) is 0 Å². The summed E-state index contributed by atoms with van der Waals surface area (Å²) in [4.78, 5) is 50.3. The highest BCUT2D eigenvalue weighted by Crippen LogP contribution is 2.51. The number of hydrogen-bond donors (Lipinski definition) is 10. The molecule has 21 nitrogen and oxygen atoms in total. The summed E-state index contributed by atoms with van der Waals surface area (Å²) in [7, 11) is -5.57. The van der Waals surface area contributed by atoms with Gasteiger partial charge in [-0.2, -0.15) is 4.98 Å². The summed E-state index contributed by atoms with van der Waals surface area (Å²) in [6.07, 6.45) is -15.1. The summed E-state index contributed by atoms with van der Waals surface area (Å²) in [5, 5.41) is 73.2. The zero-order valence-corrected chi connectivity index (χ0v) is 23.5. The summed E-state index contributed by atoms with van der Waals surface area (Å²) in [6, 6.07) is -0.521. The maximum absolute atomic E-state index is 12.9. The molecule has 44 heavy (non-hydrogen) atoms. The van der Waals surface area contributed by atoms with E-state index in [-0.39, 0.29) is 12.4 Å². The van der Waals surface area contributed by atoms with Gasteiger partial charge in [0.25, 0.3) is 5.79 Å². The van der Waals surface area contributed by atoms with E-state index in [9.17, 15) is 59.6 Å². The molecule has 11 atom stereocenters. The number of phosphoric ester groups is 1. The van der Waals surface area contributed by atoms with Gasteiger partial charge >= 0.3 is 25.6 Å². The van der Waals surface area contributed by atoms with Crippen molar-refractivity contribution in [3.05, 3.63) is 35.4 Å². The van der Waals surface area contributed by atoms with Crippen molar-refractivity contribution in [1.82, 2.24) is 14.9 Å². The number of nitrogens with zero attached hydrogens (tertiary/aromatic N) is 2. The molecule has 1 amide bonds. The Balaban J connectivity index is 1.79. The van der Waals surface area contributed by atoms with E-state index in [0.717, 1.165) is 10.8 Å². The van der Waals surface area contributed by atoms with Gasteiger partial charge in [-0.1, -0.05) is 12.7 Å². The van der Waals surface area contributed by atoms with Crippen LogP contribution in [0.3, 0.4) is 0 Å². The number of hydrogen-bond acceptors (Lipinski definition) is 17. The quantitative estimate of drug-likeness (QED) is 0.0706. The molecule has 2 aliphatic heterocycles. The SMILES string of the molecule is C=CCOC(=O)N[C@H]1[C@H]([C@H](O)[C@H](O)CO)O[C@](OP(=O)(O)OC[C@H]2O[C@@H](n3ccc(N)nc3=O)[C@H](O)[C@@H]2O)(C(=O)O)C[C@@H]1O. The Hall–Kier alpha value is -3.05. The van der Waals surface area contributed by atoms with Gasteiger partial charge in [-0.3, -0.25) is 9.09 Å². The third-order valence-electron chi connectivity index (χ3n) is 6.56. The number of carbonyl (C=O) groups is 2. The van der Waals surface area contributed by atoms with Gasteiger partial charge in [-0.15, -0.1) is 0 Å². The number of carboxylic acid groups (broad SMARTS) is 1. The molecule has 0 aromatic carbocycles. The van der Waals surface area contributed by atoms with Gasteiger partial charge in [0.1, 0.15) is 49.0 Å². The zero-order chi connectivity index (χ0) is 33.0. The number of nitrogens with one attached hydrogen (secondary N) is 1. The largest absolute Gasteiger partial charge is 0.477 e. The lowest BCUT2D eigenvalue weighted by atomic mass is 9.89. The lowest BCUT2D eigenvalue weighted by Crippen LogP contribution is -2.67. The first-order chi connectivity index (χ1) is 20.6. The van der Waals surface area contributed by atoms with E-state index in [0.29, 0.717) is 0 Å². The van der Waals surface area contributed by atoms with Crippen LogP contribution in [0.15, 0.2) is 29.7 Å². The van der Waals surface area contributed by atoms with Crippen molar-refractivity contribution in [2.45, 2.75) is 67.2 Å². The van der Waals surface area contributed by atoms with Crippen LogP contribution < -0.4 is 16.7 Å². The van der Waals surface area contributed by atoms with E-state index >= 15 is 0 Å². The lowest BCUT2D eigenvalue weighted by molar-refractivity contribution is -0.288. The topological polar surface area (TPSA) is 332 Å². The van der Waals surface area contributed by atoms with Gasteiger partial charge in [0.05, 0.1) is 25.4 Å². The van der Waals surface area contributed by atoms with Crippen molar-refractivity contribution in [3.63, 3.8) is 0 Å². The van der Waals surface area contributed by atoms with Gasteiger partial charge in [0.2, 0.25) is 0 Å². The average molecular weight is 656 g/mol. The van der Waals surface area contributed by atoms with Crippen LogP contribution >= 0.6 is 7.82 Å². The zero-order valence-electron chi connectivity index (χ0n) is 22.6. The van der Waals surface area contributed by atoms with Crippen molar-refractivity contribution in [2.75, 3.05) is 25.6 Å². The number of nitrogens with two attached hydrogens (primary N) is 1. The predicted octanol–water partition coefficient (Wildman–Crippen LogP) is -4.50. The van der Waals surface area contributed by atoms with Crippen LogP contribution in [-0.2, 0) is 32.6 Å². The van der Waals surface area contributed by atoms with Gasteiger partial charge in [-0.25, -0.2) is 23.5 Å². The predicted molar refractivity (Wildman–Crippen MR) is 139 cm³/mol. The van der Waals surface area contributed by atoms with Crippen LogP contribution in [0.4, 0.5) is 10.6 Å². The average Bonchev–Trinajstić information content (AvgIpc) is 3.23. The number of aliphatic carboxylic acids is 1. The fourth-order valence-electron chi connectivity index (χ4n) is 4.39. The normalized spacial score (nSPS) is 33.1. The van der Waals surface area contributed by atoms with Crippen molar-refractivity contribution < 1.29 is 78.1 Å². The summed E-state index contributed by atoms with van der Waals surface area (Å²) in [5.41, 5.74) is 4.46. The van der Waals surface area contributed by atoms with Crippen LogP contribution in [0.1, 0.15) is 12.6 Å². The minimum Gasteiger partial charge on any atom is -0.477 e. The number of aliphatic hydroxyl groups is 6. The molecule has 0 saturated carbocycles. The molecule has 2 aliphatic rings. The number of aliphatic hydroxyl groups excluding tert-OH is 6. The molecule has 11 N–H and O–H groups in total. The first-order valence-corrected chi connectivity index (χ1v) is 14.2. The molecular weight excluding hydrogens is 623 g/mol. The summed E-state index contributed by atoms with van der Waals surface area (Å²) in [5.74, 6) is -5.54. The third-order valence-corrected chi connectivity index (χ3v) is 7.56. The molecule has 1 unspecified atom stereocenters. The maximum atomic E-state index is 12.9. The first kappa shape index (κ1) is 35.4. The second kappa shape index (κ2) is 14.4. The second-order valence-electron chi connectivity index (χ2n) is 9.65. The van der Waals surface area contributed by atoms with Crippen molar-refractivity contribution >= 4 is 25.7 Å². The Morgan fingerprint density at radius 3 is 2.59 bits per heavy atom. The number of amides is 1. The number of anilines is 1. The van der Waals surface area contributed by atoms with Gasteiger partial charge < -0.3 is 65.9 Å². The van der Waals surface area contributed by atoms with Crippen LogP contribution in [0.25, 0.3) is 0 Å². The lowest BCUT2D eigenvalue weighted by Gasteiger charge is -2.46. The van der Waals surface area contributed by atoms with E-state index in [1.165, 1.54) is 12.1 Å². The molecule has 0 aliphatic carbocycles. The smallest absolute Gasteiger partial charge is 0.475 e. The molecule has 1 aromatic heterocycles. The Morgan fingerprint density at radius 2 is 2.00 bits per heavy atom. The maximum Gasteiger partial charge on any atom is 0.475 e. The molecule has 0 spiro atoms. The highest BCUT2D eigenvalue weighted by molar-refractivity contribution is 7.47. The van der Waals surface area contributed by atoms with E-state index in [2.05, 4.69) is 16.9 Å². The fraction of sp³-hybridized carbons (Fsp3) is 0.636. The minimum absolute atomic E-state index is 0.143. The fourth-order valence-corrected chi connectivity index (χ4v) is 5.35. The van der Waals surface area contributed by atoms with Crippen LogP contribution in [0.5, 0.6) is 0 Å². The first-order valence-electron chi connectivity index (χ1n) is 12.7. The summed E-state index contributed by atoms with van der Waals surface area (Å²) >= 11 is 0. The molecule has 248 valence electrons. The highest BCUT2D eigenvalue weighted by Gasteiger charge is 2.59. The van der Waals surface area contributed by atoms with Crippen molar-refractivity contribution in [1.29, 1.82) is 0 Å². The van der Waals surface area contributed by atoms with Gasteiger partial charge in [-0.05, 0) is 6.07 Å².